The average Bonchev–Trinajstić information content (AvgIpc) is 2.36. The molecule has 0 unspecified atom stereocenters. The van der Waals surface area contributed by atoms with Crippen LogP contribution in [0.25, 0.3) is 0 Å². The number of rotatable bonds is 6. The maximum Gasteiger partial charge on any atom is 0.157 e. The molecule has 0 aliphatic carbocycles. The van der Waals surface area contributed by atoms with Crippen LogP contribution in [0.3, 0.4) is 0 Å². The molecule has 1 aromatic rings. The first kappa shape index (κ1) is 15.9. The Morgan fingerprint density at radius 1 is 1.35 bits per heavy atom. The summed E-state index contributed by atoms with van der Waals surface area (Å²) < 4.78 is 9.70. The third-order valence-electron chi connectivity index (χ3n) is 1.69. The van der Waals surface area contributed by atoms with Crippen LogP contribution in [0.15, 0.2) is 24.3 Å². The molecular weight excluding hydrogens is 242 g/mol. The summed E-state index contributed by atoms with van der Waals surface area (Å²) in [7, 11) is 3.59. The Morgan fingerprint density at radius 3 is 2.41 bits per heavy atom. The Labute approximate surface area is 107 Å². The number of hydrogen-bond acceptors (Lipinski definition) is 4. The van der Waals surface area contributed by atoms with Gasteiger partial charge < -0.3 is 14.8 Å². The summed E-state index contributed by atoms with van der Waals surface area (Å²) in [6.45, 7) is 1.83. The molecule has 1 rings (SSSR count). The predicted molar refractivity (Wildman–Crippen MR) is 68.8 cm³/mol. The molecule has 0 amide bonds. The largest absolute Gasteiger partial charge is 0.486 e. The third kappa shape index (κ3) is 9.81. The lowest BCUT2D eigenvalue weighted by molar-refractivity contribution is -0.109. The first-order valence-electron chi connectivity index (χ1n) is 5.20. The summed E-state index contributed by atoms with van der Waals surface area (Å²) >= 11 is 5.62. The van der Waals surface area contributed by atoms with E-state index in [0.29, 0.717) is 17.1 Å². The van der Waals surface area contributed by atoms with Crippen molar-refractivity contribution >= 4 is 17.9 Å². The summed E-state index contributed by atoms with van der Waals surface area (Å²) in [4.78, 5) is 9.89. The normalized spacial score (nSPS) is 9.12. The highest BCUT2D eigenvalue weighted by Crippen LogP contribution is 2.14. The van der Waals surface area contributed by atoms with Gasteiger partial charge in [0.15, 0.2) is 6.29 Å². The molecule has 0 saturated carbocycles. The Kier molecular flexibility index (Phi) is 10.7. The van der Waals surface area contributed by atoms with Crippen LogP contribution in [0.2, 0.25) is 5.02 Å². The summed E-state index contributed by atoms with van der Waals surface area (Å²) in [6.07, 6.45) is 0.703. The topological polar surface area (TPSA) is 47.6 Å². The SMILES string of the molecule is CNCCOC.O=CCOc1ccc(Cl)cc1. The number of methoxy groups -OCH3 is 1. The lowest BCUT2D eigenvalue weighted by atomic mass is 10.3. The van der Waals surface area contributed by atoms with Crippen molar-refractivity contribution in [3.8, 4) is 5.75 Å². The monoisotopic (exact) mass is 259 g/mol. The molecule has 17 heavy (non-hydrogen) atoms. The molecule has 0 radical (unpaired) electrons. The van der Waals surface area contributed by atoms with Gasteiger partial charge in [-0.3, -0.25) is 4.79 Å². The Morgan fingerprint density at radius 2 is 2.00 bits per heavy atom. The van der Waals surface area contributed by atoms with Gasteiger partial charge in [0.25, 0.3) is 0 Å². The number of aldehydes is 1. The van der Waals surface area contributed by atoms with Crippen LogP contribution >= 0.6 is 11.6 Å². The fraction of sp³-hybridized carbons (Fsp3) is 0.417. The van der Waals surface area contributed by atoms with Crippen molar-refractivity contribution in [3.05, 3.63) is 29.3 Å². The molecule has 4 nitrogen and oxygen atoms in total. The van der Waals surface area contributed by atoms with Crippen LogP contribution in [-0.2, 0) is 9.53 Å². The number of hydrogen-bond donors (Lipinski definition) is 1. The molecule has 0 spiro atoms. The Hall–Kier alpha value is -1.10. The molecule has 1 aromatic carbocycles. The fourth-order valence-electron chi connectivity index (χ4n) is 0.865. The van der Waals surface area contributed by atoms with Gasteiger partial charge in [-0.1, -0.05) is 11.6 Å². The molecule has 0 aliphatic heterocycles. The van der Waals surface area contributed by atoms with Gasteiger partial charge in [0, 0.05) is 18.7 Å². The number of nitrogens with one attached hydrogen (secondary N) is 1. The van der Waals surface area contributed by atoms with Gasteiger partial charge in [0.1, 0.15) is 12.4 Å². The smallest absolute Gasteiger partial charge is 0.157 e. The van der Waals surface area contributed by atoms with Crippen LogP contribution in [0.4, 0.5) is 0 Å². The molecule has 96 valence electrons. The van der Waals surface area contributed by atoms with Gasteiger partial charge in [-0.2, -0.15) is 0 Å². The molecule has 0 heterocycles. The van der Waals surface area contributed by atoms with Crippen LogP contribution in [0.5, 0.6) is 5.75 Å². The number of likely N-dealkylation sites (N-methyl/N-ethyl adjacent to an activating group) is 1. The number of carbonyl (C=O) groups is 1. The van der Waals surface area contributed by atoms with Crippen LogP contribution in [0.1, 0.15) is 0 Å². The summed E-state index contributed by atoms with van der Waals surface area (Å²) in [6, 6.07) is 6.85. The van der Waals surface area contributed by atoms with E-state index in [1.54, 1.807) is 31.4 Å². The van der Waals surface area contributed by atoms with E-state index in [1.807, 2.05) is 7.05 Å². The number of carbonyl (C=O) groups excluding carboxylic acids is 1. The second-order valence-corrected chi connectivity index (χ2v) is 3.46. The Balaban J connectivity index is 0.000000366. The van der Waals surface area contributed by atoms with Crippen LogP contribution in [0, 0.1) is 0 Å². The molecule has 0 aliphatic rings. The minimum atomic E-state index is 0.0850. The van der Waals surface area contributed by atoms with E-state index in [1.165, 1.54) is 0 Å². The number of halogens is 1. The maximum absolute atomic E-state index is 9.89. The van der Waals surface area contributed by atoms with Crippen molar-refractivity contribution in [3.63, 3.8) is 0 Å². The molecule has 0 aromatic heterocycles. The van der Waals surface area contributed by atoms with Crippen LogP contribution < -0.4 is 10.1 Å². The fourth-order valence-corrected chi connectivity index (χ4v) is 0.991. The van der Waals surface area contributed by atoms with Crippen molar-refractivity contribution in [1.29, 1.82) is 0 Å². The molecule has 0 saturated heterocycles. The van der Waals surface area contributed by atoms with Gasteiger partial charge in [-0.15, -0.1) is 0 Å². The van der Waals surface area contributed by atoms with Crippen molar-refractivity contribution < 1.29 is 14.3 Å². The van der Waals surface area contributed by atoms with Crippen molar-refractivity contribution in [1.82, 2.24) is 5.32 Å². The third-order valence-corrected chi connectivity index (χ3v) is 1.94. The molecule has 0 bridgehead atoms. The first-order chi connectivity index (χ1) is 8.24. The van der Waals surface area contributed by atoms with E-state index in [-0.39, 0.29) is 6.61 Å². The molecule has 1 N–H and O–H groups in total. The number of ether oxygens (including phenoxy) is 2. The van der Waals surface area contributed by atoms with Gasteiger partial charge in [-0.25, -0.2) is 0 Å². The van der Waals surface area contributed by atoms with E-state index < -0.39 is 0 Å². The van der Waals surface area contributed by atoms with Crippen molar-refractivity contribution in [2.24, 2.45) is 0 Å². The second-order valence-electron chi connectivity index (χ2n) is 3.03. The summed E-state index contributed by atoms with van der Waals surface area (Å²) in [5, 5.41) is 3.60. The highest BCUT2D eigenvalue weighted by atomic mass is 35.5. The maximum atomic E-state index is 9.89. The zero-order valence-electron chi connectivity index (χ0n) is 10.1. The number of benzene rings is 1. The summed E-state index contributed by atoms with van der Waals surface area (Å²) in [5.74, 6) is 0.654. The highest BCUT2D eigenvalue weighted by Gasteiger charge is 1.90. The minimum Gasteiger partial charge on any atom is -0.486 e. The average molecular weight is 260 g/mol. The molecule has 0 fully saturated rings. The zero-order chi connectivity index (χ0) is 12.9. The molecule has 5 heteroatoms. The lowest BCUT2D eigenvalue weighted by Gasteiger charge is -1.99. The molecular formula is C12H18ClNO3. The highest BCUT2D eigenvalue weighted by molar-refractivity contribution is 6.30. The second kappa shape index (κ2) is 11.4. The first-order valence-corrected chi connectivity index (χ1v) is 5.58. The molecule has 0 atom stereocenters. The van der Waals surface area contributed by atoms with Crippen LogP contribution in [-0.4, -0.2) is 40.2 Å². The van der Waals surface area contributed by atoms with E-state index >= 15 is 0 Å². The van der Waals surface area contributed by atoms with Gasteiger partial charge in [-0.05, 0) is 31.3 Å². The Bertz CT molecular complexity index is 286. The van der Waals surface area contributed by atoms with E-state index in [2.05, 4.69) is 5.32 Å². The van der Waals surface area contributed by atoms with E-state index in [0.717, 1.165) is 13.2 Å². The van der Waals surface area contributed by atoms with Gasteiger partial charge in [0.2, 0.25) is 0 Å². The lowest BCUT2D eigenvalue weighted by Crippen LogP contribution is -2.12. The standard InChI is InChI=1S/C8H7ClO2.C4H11NO/c9-7-1-3-8(4-2-7)11-6-5-10;1-5-3-4-6-2/h1-5H,6H2;5H,3-4H2,1-2H3. The minimum absolute atomic E-state index is 0.0850. The zero-order valence-corrected chi connectivity index (χ0v) is 10.9. The quantitative estimate of drug-likeness (QED) is 0.625. The van der Waals surface area contributed by atoms with E-state index in [9.17, 15) is 4.79 Å². The van der Waals surface area contributed by atoms with Gasteiger partial charge in [0.05, 0.1) is 6.61 Å². The van der Waals surface area contributed by atoms with Crippen molar-refractivity contribution in [2.75, 3.05) is 33.9 Å². The van der Waals surface area contributed by atoms with E-state index in [4.69, 9.17) is 21.1 Å². The van der Waals surface area contributed by atoms with Crippen molar-refractivity contribution in [2.45, 2.75) is 0 Å². The predicted octanol–water partition coefficient (Wildman–Crippen LogP) is 1.77. The van der Waals surface area contributed by atoms with Gasteiger partial charge >= 0.3 is 0 Å². The summed E-state index contributed by atoms with van der Waals surface area (Å²) in [5.41, 5.74) is 0.